The highest BCUT2D eigenvalue weighted by Gasteiger charge is 2.30. The first kappa shape index (κ1) is 13.5. The molecule has 0 saturated heterocycles. The van der Waals surface area contributed by atoms with Crippen molar-refractivity contribution in [1.29, 1.82) is 0 Å². The van der Waals surface area contributed by atoms with Crippen LogP contribution in [0, 0.1) is 0 Å². The van der Waals surface area contributed by atoms with E-state index in [0.717, 1.165) is 23.3 Å². The van der Waals surface area contributed by atoms with Crippen molar-refractivity contribution >= 4 is 5.97 Å². The minimum Gasteiger partial charge on any atom is -0.496 e. The van der Waals surface area contributed by atoms with E-state index in [1.807, 2.05) is 13.0 Å². The van der Waals surface area contributed by atoms with Crippen LogP contribution in [0.2, 0.25) is 0 Å². The van der Waals surface area contributed by atoms with Gasteiger partial charge in [0.15, 0.2) is 5.60 Å². The Kier molecular flexibility index (Phi) is 4.12. The molecular formula is C13H18O4. The Labute approximate surface area is 101 Å². The summed E-state index contributed by atoms with van der Waals surface area (Å²) in [6, 6.07) is 5.44. The third-order valence-electron chi connectivity index (χ3n) is 2.73. The summed E-state index contributed by atoms with van der Waals surface area (Å²) in [5, 5.41) is 18.6. The van der Waals surface area contributed by atoms with Gasteiger partial charge >= 0.3 is 5.97 Å². The summed E-state index contributed by atoms with van der Waals surface area (Å²) in [5.41, 5.74) is 0.0563. The van der Waals surface area contributed by atoms with Crippen molar-refractivity contribution in [2.24, 2.45) is 0 Å². The molecule has 0 aliphatic rings. The first-order valence-corrected chi connectivity index (χ1v) is 5.52. The number of hydrogen-bond donors (Lipinski definition) is 2. The van der Waals surface area contributed by atoms with Gasteiger partial charge in [-0.3, -0.25) is 0 Å². The number of rotatable bonds is 5. The van der Waals surface area contributed by atoms with E-state index in [9.17, 15) is 9.90 Å². The predicted molar refractivity (Wildman–Crippen MR) is 64.3 cm³/mol. The number of ether oxygens (including phenoxy) is 1. The van der Waals surface area contributed by atoms with Gasteiger partial charge in [0.05, 0.1) is 7.11 Å². The fourth-order valence-corrected chi connectivity index (χ4v) is 1.69. The molecule has 1 aromatic rings. The normalized spacial score (nSPS) is 14.1. The molecule has 94 valence electrons. The van der Waals surface area contributed by atoms with Crippen molar-refractivity contribution in [3.63, 3.8) is 0 Å². The summed E-state index contributed by atoms with van der Waals surface area (Å²) in [7, 11) is 1.60. The third kappa shape index (κ3) is 3.20. The van der Waals surface area contributed by atoms with Crippen molar-refractivity contribution in [2.75, 3.05) is 7.11 Å². The maximum absolute atomic E-state index is 10.8. The van der Waals surface area contributed by atoms with E-state index >= 15 is 0 Å². The number of aliphatic hydroxyl groups is 1. The maximum atomic E-state index is 10.8. The highest BCUT2D eigenvalue weighted by atomic mass is 16.5. The second kappa shape index (κ2) is 5.19. The summed E-state index contributed by atoms with van der Waals surface area (Å²) in [5.74, 6) is -0.433. The van der Waals surface area contributed by atoms with Gasteiger partial charge in [0.25, 0.3) is 0 Å². The minimum atomic E-state index is -1.74. The van der Waals surface area contributed by atoms with Gasteiger partial charge < -0.3 is 14.9 Å². The van der Waals surface area contributed by atoms with Crippen LogP contribution in [0.5, 0.6) is 5.75 Å². The maximum Gasteiger partial charge on any atom is 0.335 e. The number of aryl methyl sites for hydroxylation is 1. The highest BCUT2D eigenvalue weighted by Crippen LogP contribution is 2.23. The standard InChI is InChI=1S/C13H18O4/c1-4-10-7-9(5-6-11(10)17-3)8-13(2,16)12(14)15/h5-7,16H,4,8H2,1-3H3,(H,14,15). The van der Waals surface area contributed by atoms with Crippen LogP contribution in [0.4, 0.5) is 0 Å². The Morgan fingerprint density at radius 2 is 2.12 bits per heavy atom. The summed E-state index contributed by atoms with van der Waals surface area (Å²) >= 11 is 0. The summed E-state index contributed by atoms with van der Waals surface area (Å²) in [6.07, 6.45) is 0.881. The second-order valence-corrected chi connectivity index (χ2v) is 4.26. The number of hydrogen-bond acceptors (Lipinski definition) is 3. The van der Waals surface area contributed by atoms with Crippen LogP contribution in [0.25, 0.3) is 0 Å². The van der Waals surface area contributed by atoms with Crippen LogP contribution in [0.3, 0.4) is 0 Å². The van der Waals surface area contributed by atoms with Crippen LogP contribution in [0.15, 0.2) is 18.2 Å². The predicted octanol–water partition coefficient (Wildman–Crippen LogP) is 1.64. The molecule has 0 bridgehead atoms. The monoisotopic (exact) mass is 238 g/mol. The molecule has 1 rings (SSSR count). The lowest BCUT2D eigenvalue weighted by molar-refractivity contribution is -0.156. The molecule has 4 nitrogen and oxygen atoms in total. The zero-order valence-electron chi connectivity index (χ0n) is 10.4. The Balaban J connectivity index is 2.97. The fraction of sp³-hybridized carbons (Fsp3) is 0.462. The number of carboxylic acids is 1. The van der Waals surface area contributed by atoms with Crippen LogP contribution in [-0.2, 0) is 17.6 Å². The number of carbonyl (C=O) groups is 1. The van der Waals surface area contributed by atoms with E-state index in [2.05, 4.69) is 0 Å². The summed E-state index contributed by atoms with van der Waals surface area (Å²) in [4.78, 5) is 10.8. The molecule has 17 heavy (non-hydrogen) atoms. The van der Waals surface area contributed by atoms with Gasteiger partial charge in [0.1, 0.15) is 5.75 Å². The zero-order chi connectivity index (χ0) is 13.1. The first-order chi connectivity index (χ1) is 7.90. The van der Waals surface area contributed by atoms with Gasteiger partial charge in [-0.1, -0.05) is 19.1 Å². The van der Waals surface area contributed by atoms with E-state index in [4.69, 9.17) is 9.84 Å². The van der Waals surface area contributed by atoms with Crippen molar-refractivity contribution in [2.45, 2.75) is 32.3 Å². The smallest absolute Gasteiger partial charge is 0.335 e. The molecule has 0 aliphatic carbocycles. The van der Waals surface area contributed by atoms with Crippen molar-refractivity contribution in [3.8, 4) is 5.75 Å². The molecule has 0 amide bonds. The number of aliphatic carboxylic acids is 1. The number of methoxy groups -OCH3 is 1. The molecule has 0 saturated carbocycles. The Bertz CT molecular complexity index is 410. The number of carboxylic acid groups (broad SMARTS) is 1. The van der Waals surface area contributed by atoms with E-state index < -0.39 is 11.6 Å². The Hall–Kier alpha value is -1.55. The van der Waals surface area contributed by atoms with Gasteiger partial charge in [-0.25, -0.2) is 4.79 Å². The molecule has 0 fully saturated rings. The topological polar surface area (TPSA) is 66.8 Å². The molecule has 2 N–H and O–H groups in total. The van der Waals surface area contributed by atoms with Gasteiger partial charge in [0, 0.05) is 6.42 Å². The third-order valence-corrected chi connectivity index (χ3v) is 2.73. The van der Waals surface area contributed by atoms with Gasteiger partial charge in [-0.05, 0) is 30.5 Å². The number of benzene rings is 1. The average Bonchev–Trinajstić information content (AvgIpc) is 2.28. The van der Waals surface area contributed by atoms with Crippen LogP contribution >= 0.6 is 0 Å². The molecule has 0 spiro atoms. The van der Waals surface area contributed by atoms with Crippen LogP contribution in [0.1, 0.15) is 25.0 Å². The van der Waals surface area contributed by atoms with E-state index in [-0.39, 0.29) is 6.42 Å². The molecular weight excluding hydrogens is 220 g/mol. The molecule has 1 unspecified atom stereocenters. The minimum absolute atomic E-state index is 0.0827. The average molecular weight is 238 g/mol. The Morgan fingerprint density at radius 3 is 2.59 bits per heavy atom. The molecule has 0 radical (unpaired) electrons. The fourth-order valence-electron chi connectivity index (χ4n) is 1.69. The lowest BCUT2D eigenvalue weighted by Gasteiger charge is -2.18. The SMILES string of the molecule is CCc1cc(CC(C)(O)C(=O)O)ccc1OC. The van der Waals surface area contributed by atoms with E-state index in [1.165, 1.54) is 6.92 Å². The van der Waals surface area contributed by atoms with E-state index in [1.54, 1.807) is 19.2 Å². The molecule has 0 aromatic heterocycles. The zero-order valence-corrected chi connectivity index (χ0v) is 10.4. The Morgan fingerprint density at radius 1 is 1.47 bits per heavy atom. The molecule has 0 heterocycles. The first-order valence-electron chi connectivity index (χ1n) is 5.52. The van der Waals surface area contributed by atoms with Crippen LogP contribution < -0.4 is 4.74 Å². The highest BCUT2D eigenvalue weighted by molar-refractivity contribution is 5.77. The quantitative estimate of drug-likeness (QED) is 0.818. The summed E-state index contributed by atoms with van der Waals surface area (Å²) in [6.45, 7) is 3.29. The lowest BCUT2D eigenvalue weighted by atomic mass is 9.95. The summed E-state index contributed by atoms with van der Waals surface area (Å²) < 4.78 is 5.19. The molecule has 1 aromatic carbocycles. The van der Waals surface area contributed by atoms with Crippen molar-refractivity contribution in [3.05, 3.63) is 29.3 Å². The van der Waals surface area contributed by atoms with Gasteiger partial charge in [-0.2, -0.15) is 0 Å². The van der Waals surface area contributed by atoms with Crippen LogP contribution in [-0.4, -0.2) is 28.9 Å². The second-order valence-electron chi connectivity index (χ2n) is 4.26. The van der Waals surface area contributed by atoms with Crippen molar-refractivity contribution < 1.29 is 19.7 Å². The lowest BCUT2D eigenvalue weighted by Crippen LogP contribution is -2.37. The largest absolute Gasteiger partial charge is 0.496 e. The van der Waals surface area contributed by atoms with Crippen molar-refractivity contribution in [1.82, 2.24) is 0 Å². The molecule has 4 heteroatoms. The van der Waals surface area contributed by atoms with E-state index in [0.29, 0.717) is 0 Å². The van der Waals surface area contributed by atoms with Gasteiger partial charge in [-0.15, -0.1) is 0 Å². The molecule has 1 atom stereocenters. The molecule has 0 aliphatic heterocycles. The van der Waals surface area contributed by atoms with Gasteiger partial charge in [0.2, 0.25) is 0 Å².